The summed E-state index contributed by atoms with van der Waals surface area (Å²) in [5.41, 5.74) is 7.72. The predicted octanol–water partition coefficient (Wildman–Crippen LogP) is 6.32. The van der Waals surface area contributed by atoms with Gasteiger partial charge in [0.2, 0.25) is 0 Å². The minimum absolute atomic E-state index is 0. The fraction of sp³-hybridized carbons (Fsp3) is 0.333. The van der Waals surface area contributed by atoms with Crippen LogP contribution in [0.4, 0.5) is 0 Å². The molecular formula is C24H32Cl2SiZr. The summed E-state index contributed by atoms with van der Waals surface area (Å²) in [7, 11) is 0. The summed E-state index contributed by atoms with van der Waals surface area (Å²) in [5.74, 6) is 0.655. The minimum atomic E-state index is -3.25. The molecule has 0 aliphatic heterocycles. The predicted molar refractivity (Wildman–Crippen MR) is 129 cm³/mol. The molecule has 0 nitrogen and oxygen atoms in total. The largest absolute Gasteiger partial charge is 0.147 e. The van der Waals surface area contributed by atoms with Crippen molar-refractivity contribution in [1.29, 1.82) is 0 Å². The molecule has 0 saturated carbocycles. The van der Waals surface area contributed by atoms with Gasteiger partial charge >= 0.3 is 162 Å². The molecule has 0 amide bonds. The quantitative estimate of drug-likeness (QED) is 0.360. The number of hydrogen-bond acceptors (Lipinski definition) is 0. The molecule has 2 aliphatic rings. The maximum atomic E-state index is 2.68. The van der Waals surface area contributed by atoms with Crippen LogP contribution in [0, 0.1) is 5.92 Å². The molecule has 0 aromatic heterocycles. The fourth-order valence-electron chi connectivity index (χ4n) is 5.47. The van der Waals surface area contributed by atoms with Gasteiger partial charge in [-0.3, -0.25) is 0 Å². The zero-order valence-corrected chi connectivity index (χ0v) is 22.9. The molecule has 0 N–H and O–H groups in total. The van der Waals surface area contributed by atoms with Gasteiger partial charge in [-0.15, -0.1) is 24.8 Å². The first-order valence-electron chi connectivity index (χ1n) is 10.1. The number of allylic oxidation sites excluding steroid dienone is 4. The van der Waals surface area contributed by atoms with E-state index in [0.29, 0.717) is 5.92 Å². The van der Waals surface area contributed by atoms with Crippen LogP contribution in [0.5, 0.6) is 0 Å². The van der Waals surface area contributed by atoms with Crippen molar-refractivity contribution >= 4 is 35.0 Å². The third-order valence-electron chi connectivity index (χ3n) is 6.65. The third kappa shape index (κ3) is 3.60. The molecule has 0 radical (unpaired) electrons. The standard InChI is InChI=1S/C13H9.C9H13.2CH3.2ClH.H2Si.Zr/c1-3-7-12-10(5-1)9-11-6-2-4-8-13(11)12;1-3-8-5-6-9(4-2)7-8;;;;;;/h1-5,7-8H,9H2;5-6,8H,3-4H2,1-2H3;2*1H3;2*1H;1H2;. The van der Waals surface area contributed by atoms with Gasteiger partial charge in [-0.1, -0.05) is 0 Å². The average molecular weight is 511 g/mol. The average Bonchev–Trinajstić information content (AvgIpc) is 3.22. The smallest absolute Gasteiger partial charge is 0.147 e. The van der Waals surface area contributed by atoms with Gasteiger partial charge in [-0.25, -0.2) is 0 Å². The number of benzene rings is 2. The van der Waals surface area contributed by atoms with Crippen LogP contribution in [0.15, 0.2) is 63.5 Å². The Hall–Kier alpha value is -0.400. The maximum Gasteiger partial charge on any atom is -0.147 e. The molecule has 1 unspecified atom stereocenters. The number of hydrogen-bond donors (Lipinski definition) is 0. The summed E-state index contributed by atoms with van der Waals surface area (Å²) in [6.07, 6.45) is 8.44. The molecule has 0 spiro atoms. The van der Waals surface area contributed by atoms with Crippen LogP contribution in [0.25, 0.3) is 11.1 Å². The number of rotatable bonds is 4. The Labute approximate surface area is 185 Å². The van der Waals surface area contributed by atoms with Gasteiger partial charge in [0.15, 0.2) is 0 Å². The Morgan fingerprint density at radius 1 is 0.964 bits per heavy atom. The molecule has 150 valence electrons. The first-order chi connectivity index (χ1) is 12.4. The monoisotopic (exact) mass is 508 g/mol. The van der Waals surface area contributed by atoms with E-state index in [1.807, 2.05) is 3.28 Å². The summed E-state index contributed by atoms with van der Waals surface area (Å²) in [6, 6.07) is 16.1. The van der Waals surface area contributed by atoms with Crippen molar-refractivity contribution in [3.63, 3.8) is 0 Å². The van der Waals surface area contributed by atoms with Gasteiger partial charge in [0.1, 0.15) is 0 Å². The summed E-state index contributed by atoms with van der Waals surface area (Å²) < 4.78 is 8.93. The molecule has 4 heteroatoms. The van der Waals surface area contributed by atoms with E-state index in [1.54, 1.807) is 14.4 Å². The Morgan fingerprint density at radius 3 is 2.32 bits per heavy atom. The first kappa shape index (κ1) is 23.9. The van der Waals surface area contributed by atoms with Gasteiger partial charge in [0, 0.05) is 0 Å². The van der Waals surface area contributed by atoms with Crippen LogP contribution in [-0.4, -0.2) is 6.88 Å². The Bertz CT molecular complexity index is 1030. The van der Waals surface area contributed by atoms with E-state index >= 15 is 0 Å². The molecule has 0 saturated heterocycles. The third-order valence-corrected chi connectivity index (χ3v) is 22.5. The normalized spacial score (nSPS) is 17.7. The second-order valence-corrected chi connectivity index (χ2v) is 37.4. The fourth-order valence-corrected chi connectivity index (χ4v) is 22.3. The van der Waals surface area contributed by atoms with Crippen molar-refractivity contribution in [3.8, 4) is 11.1 Å². The minimum Gasteiger partial charge on any atom is -0.147 e. The summed E-state index contributed by atoms with van der Waals surface area (Å²) in [4.78, 5) is 0. The van der Waals surface area contributed by atoms with Crippen LogP contribution < -0.4 is 3.27 Å². The number of halogens is 2. The molecule has 0 heterocycles. The van der Waals surface area contributed by atoms with Crippen molar-refractivity contribution < 1.29 is 17.4 Å². The van der Waals surface area contributed by atoms with Gasteiger partial charge in [-0.2, -0.15) is 0 Å². The van der Waals surface area contributed by atoms with E-state index in [0.717, 1.165) is 6.42 Å². The number of fused-ring (bicyclic) bond motifs is 3. The van der Waals surface area contributed by atoms with Gasteiger partial charge in [0.25, 0.3) is 0 Å². The molecule has 0 bridgehead atoms. The van der Waals surface area contributed by atoms with Crippen molar-refractivity contribution in [1.82, 2.24) is 0 Å². The van der Waals surface area contributed by atoms with E-state index in [4.69, 9.17) is 0 Å². The van der Waals surface area contributed by atoms with E-state index in [1.165, 1.54) is 29.5 Å². The zero-order valence-electron chi connectivity index (χ0n) is 17.4. The molecule has 4 rings (SSSR count). The van der Waals surface area contributed by atoms with Crippen LogP contribution >= 0.6 is 24.8 Å². The topological polar surface area (TPSA) is 0 Å². The molecular weight excluding hydrogens is 478 g/mol. The molecule has 2 aromatic rings. The van der Waals surface area contributed by atoms with Crippen LogP contribution in [0.2, 0.25) is 9.26 Å². The van der Waals surface area contributed by atoms with Crippen LogP contribution in [0.1, 0.15) is 37.8 Å². The SMILES string of the molecule is CCC1=[C]([Zr]([CH3])([CH3])(=[SiH2])[c]2cccc3c2Cc2ccccc2-3)C(CC)C=C1.Cl.Cl. The molecule has 0 fully saturated rings. The van der Waals surface area contributed by atoms with E-state index < -0.39 is 17.4 Å². The van der Waals surface area contributed by atoms with Crippen molar-refractivity contribution in [2.45, 2.75) is 42.4 Å². The van der Waals surface area contributed by atoms with Gasteiger partial charge < -0.3 is 0 Å². The van der Waals surface area contributed by atoms with Crippen molar-refractivity contribution in [3.05, 3.63) is 74.6 Å². The molecule has 1 atom stereocenters. The van der Waals surface area contributed by atoms with E-state index in [2.05, 4.69) is 84.6 Å². The Balaban J connectivity index is 0.00000140. The first-order valence-corrected chi connectivity index (χ1v) is 23.3. The second kappa shape index (κ2) is 8.38. The van der Waals surface area contributed by atoms with E-state index in [-0.39, 0.29) is 24.8 Å². The van der Waals surface area contributed by atoms with Crippen LogP contribution in [-0.2, 0) is 23.8 Å². The van der Waals surface area contributed by atoms with Crippen LogP contribution in [0.3, 0.4) is 0 Å². The summed E-state index contributed by atoms with van der Waals surface area (Å²) in [6.45, 7) is 7.08. The molecule has 28 heavy (non-hydrogen) atoms. The summed E-state index contributed by atoms with van der Waals surface area (Å²) in [5, 5.41) is 0. The van der Waals surface area contributed by atoms with Crippen molar-refractivity contribution in [2.24, 2.45) is 5.92 Å². The van der Waals surface area contributed by atoms with E-state index in [9.17, 15) is 0 Å². The second-order valence-electron chi connectivity index (χ2n) is 9.02. The Kier molecular flexibility index (Phi) is 7.15. The zero-order chi connectivity index (χ0) is 18.6. The van der Waals surface area contributed by atoms with Gasteiger partial charge in [-0.05, 0) is 0 Å². The Morgan fingerprint density at radius 2 is 1.64 bits per heavy atom. The maximum absolute atomic E-state index is 3.25. The molecule has 2 aliphatic carbocycles. The van der Waals surface area contributed by atoms with Gasteiger partial charge in [0.05, 0.1) is 0 Å². The summed E-state index contributed by atoms with van der Waals surface area (Å²) >= 11 is -3.25. The van der Waals surface area contributed by atoms with Crippen molar-refractivity contribution in [2.75, 3.05) is 0 Å². The molecule has 2 aromatic carbocycles.